The van der Waals surface area contributed by atoms with Crippen LogP contribution in [0, 0.1) is 6.92 Å². The van der Waals surface area contributed by atoms with E-state index in [1.165, 1.54) is 29.2 Å². The average molecular weight is 412 g/mol. The molecule has 3 rings (SSSR count). The minimum absolute atomic E-state index is 0.146. The topological polar surface area (TPSA) is 82.8 Å². The van der Waals surface area contributed by atoms with Crippen molar-refractivity contribution in [3.8, 4) is 17.3 Å². The smallest absolute Gasteiger partial charge is 0.422 e. The molecule has 11 heteroatoms. The van der Waals surface area contributed by atoms with E-state index in [0.717, 1.165) is 0 Å². The Labute approximate surface area is 161 Å². The van der Waals surface area contributed by atoms with Crippen molar-refractivity contribution in [2.24, 2.45) is 0 Å². The predicted octanol–water partition coefficient (Wildman–Crippen LogP) is 3.05. The van der Waals surface area contributed by atoms with Gasteiger partial charge in [0.15, 0.2) is 6.61 Å². The Balaban J connectivity index is 1.80. The van der Waals surface area contributed by atoms with Crippen molar-refractivity contribution in [3.63, 3.8) is 0 Å². The number of aryl methyl sites for hydroxylation is 1. The van der Waals surface area contributed by atoms with Gasteiger partial charge in [0.2, 0.25) is 0 Å². The third kappa shape index (κ3) is 5.03. The molecule has 3 heterocycles. The molecule has 0 aromatic carbocycles. The van der Waals surface area contributed by atoms with E-state index in [9.17, 15) is 18.0 Å². The van der Waals surface area contributed by atoms with Gasteiger partial charge in [0, 0.05) is 30.2 Å². The summed E-state index contributed by atoms with van der Waals surface area (Å²) < 4.78 is 42.2. The maximum atomic E-state index is 12.2. The van der Waals surface area contributed by atoms with E-state index >= 15 is 0 Å². The molecule has 0 saturated heterocycles. The van der Waals surface area contributed by atoms with E-state index in [-0.39, 0.29) is 12.1 Å². The molecule has 146 valence electrons. The second-order valence-corrected chi connectivity index (χ2v) is 6.19. The number of pyridine rings is 1. The first-order valence-electron chi connectivity index (χ1n) is 7.92. The molecule has 0 bridgehead atoms. The number of nitrogens with zero attached hydrogens (tertiary/aromatic N) is 5. The van der Waals surface area contributed by atoms with E-state index in [2.05, 4.69) is 24.8 Å². The van der Waals surface area contributed by atoms with Crippen LogP contribution < -0.4 is 10.3 Å². The molecule has 0 N–H and O–H groups in total. The van der Waals surface area contributed by atoms with Gasteiger partial charge in [-0.15, -0.1) is 0 Å². The van der Waals surface area contributed by atoms with Crippen LogP contribution in [-0.2, 0) is 6.54 Å². The molecular weight excluding hydrogens is 399 g/mol. The molecule has 0 unspecified atom stereocenters. The van der Waals surface area contributed by atoms with Gasteiger partial charge in [-0.1, -0.05) is 11.6 Å². The van der Waals surface area contributed by atoms with E-state index in [1.54, 1.807) is 19.2 Å². The Morgan fingerprint density at radius 2 is 1.86 bits per heavy atom. The first-order chi connectivity index (χ1) is 13.2. The number of alkyl halides is 3. The highest BCUT2D eigenvalue weighted by molar-refractivity contribution is 6.31. The third-order valence-electron chi connectivity index (χ3n) is 3.57. The lowest BCUT2D eigenvalue weighted by molar-refractivity contribution is -0.154. The summed E-state index contributed by atoms with van der Waals surface area (Å²) in [5, 5.41) is 4.71. The van der Waals surface area contributed by atoms with Gasteiger partial charge in [0.05, 0.1) is 23.0 Å². The van der Waals surface area contributed by atoms with E-state index in [1.807, 2.05) is 0 Å². The summed E-state index contributed by atoms with van der Waals surface area (Å²) in [5.74, 6) is 0. The lowest BCUT2D eigenvalue weighted by atomic mass is 10.2. The van der Waals surface area contributed by atoms with Crippen LogP contribution in [0.15, 0.2) is 41.6 Å². The molecule has 28 heavy (non-hydrogen) atoms. The van der Waals surface area contributed by atoms with E-state index < -0.39 is 18.8 Å². The van der Waals surface area contributed by atoms with Gasteiger partial charge < -0.3 is 4.74 Å². The first kappa shape index (κ1) is 19.7. The molecule has 0 atom stereocenters. The summed E-state index contributed by atoms with van der Waals surface area (Å²) in [6.45, 7) is 0.426. The van der Waals surface area contributed by atoms with Crippen molar-refractivity contribution in [3.05, 3.63) is 63.4 Å². The van der Waals surface area contributed by atoms with Crippen LogP contribution in [0.1, 0.15) is 11.3 Å². The minimum Gasteiger partial charge on any atom is -0.454 e. The second kappa shape index (κ2) is 7.93. The molecule has 0 amide bonds. The summed E-state index contributed by atoms with van der Waals surface area (Å²) in [7, 11) is 0. The number of hydrogen-bond donors (Lipinski definition) is 0. The van der Waals surface area contributed by atoms with Gasteiger partial charge in [-0.3, -0.25) is 9.78 Å². The zero-order valence-electron chi connectivity index (χ0n) is 14.4. The zero-order chi connectivity index (χ0) is 20.3. The van der Waals surface area contributed by atoms with Crippen LogP contribution in [0.25, 0.3) is 11.3 Å². The minimum atomic E-state index is -4.48. The van der Waals surface area contributed by atoms with Gasteiger partial charge in [-0.25, -0.2) is 14.6 Å². The molecule has 0 aliphatic heterocycles. The fourth-order valence-electron chi connectivity index (χ4n) is 2.19. The lowest BCUT2D eigenvalue weighted by Crippen LogP contribution is -2.23. The SMILES string of the molecule is Cc1ncc(Cn2nc(-c3cnc(OCC(F)(F)F)nc3)ccc2=O)cc1Cl. The molecule has 0 aliphatic carbocycles. The second-order valence-electron chi connectivity index (χ2n) is 5.78. The van der Waals surface area contributed by atoms with Crippen LogP contribution >= 0.6 is 11.6 Å². The van der Waals surface area contributed by atoms with Gasteiger partial charge in [0.25, 0.3) is 5.56 Å². The zero-order valence-corrected chi connectivity index (χ0v) is 15.2. The summed E-state index contributed by atoms with van der Waals surface area (Å²) in [6, 6.07) is 4.07. The average Bonchev–Trinajstić information content (AvgIpc) is 2.65. The van der Waals surface area contributed by atoms with Gasteiger partial charge in [-0.2, -0.15) is 18.3 Å². The summed E-state index contributed by atoms with van der Waals surface area (Å²) in [5.41, 5.74) is 1.80. The molecule has 0 spiro atoms. The summed E-state index contributed by atoms with van der Waals surface area (Å²) in [6.07, 6.45) is -0.356. The third-order valence-corrected chi connectivity index (χ3v) is 3.95. The molecular formula is C17H13ClF3N5O2. The monoisotopic (exact) mass is 411 g/mol. The highest BCUT2D eigenvalue weighted by atomic mass is 35.5. The lowest BCUT2D eigenvalue weighted by Gasteiger charge is -2.09. The Morgan fingerprint density at radius 1 is 1.14 bits per heavy atom. The number of ether oxygens (including phenoxy) is 1. The van der Waals surface area contributed by atoms with Gasteiger partial charge in [-0.05, 0) is 24.6 Å². The maximum absolute atomic E-state index is 12.2. The van der Waals surface area contributed by atoms with Crippen molar-refractivity contribution in [1.82, 2.24) is 24.7 Å². The van der Waals surface area contributed by atoms with Crippen LogP contribution in [-0.4, -0.2) is 37.5 Å². The molecule has 3 aromatic heterocycles. The van der Waals surface area contributed by atoms with Crippen LogP contribution in [0.2, 0.25) is 5.02 Å². The normalized spacial score (nSPS) is 11.5. The Kier molecular flexibility index (Phi) is 5.59. The van der Waals surface area contributed by atoms with Gasteiger partial charge in [0.1, 0.15) is 0 Å². The largest absolute Gasteiger partial charge is 0.454 e. The van der Waals surface area contributed by atoms with Crippen molar-refractivity contribution < 1.29 is 17.9 Å². The predicted molar refractivity (Wildman–Crippen MR) is 94.2 cm³/mol. The Hall–Kier alpha value is -3.01. The first-order valence-corrected chi connectivity index (χ1v) is 8.30. The molecule has 0 radical (unpaired) electrons. The highest BCUT2D eigenvalue weighted by Crippen LogP contribution is 2.18. The summed E-state index contributed by atoms with van der Waals surface area (Å²) in [4.78, 5) is 23.7. The Bertz CT molecular complexity index is 1040. The van der Waals surface area contributed by atoms with Crippen LogP contribution in [0.3, 0.4) is 0 Å². The quantitative estimate of drug-likeness (QED) is 0.641. The number of rotatable bonds is 5. The van der Waals surface area contributed by atoms with E-state index in [4.69, 9.17) is 11.6 Å². The van der Waals surface area contributed by atoms with Crippen molar-refractivity contribution in [2.45, 2.75) is 19.6 Å². The number of halogens is 4. The standard InChI is InChI=1S/C17H13ClF3N5O2/c1-10-13(18)4-11(5-22-10)8-26-15(27)3-2-14(25-26)12-6-23-16(24-7-12)28-9-17(19,20)21/h2-7H,8-9H2,1H3. The van der Waals surface area contributed by atoms with Crippen molar-refractivity contribution >= 4 is 11.6 Å². The molecule has 0 aliphatic rings. The number of hydrogen-bond acceptors (Lipinski definition) is 6. The molecule has 0 saturated carbocycles. The van der Waals surface area contributed by atoms with E-state index in [0.29, 0.717) is 27.5 Å². The van der Waals surface area contributed by atoms with Crippen molar-refractivity contribution in [2.75, 3.05) is 6.61 Å². The maximum Gasteiger partial charge on any atom is 0.422 e. The molecule has 0 fully saturated rings. The van der Waals surface area contributed by atoms with Crippen LogP contribution in [0.4, 0.5) is 13.2 Å². The molecule has 3 aromatic rings. The fourth-order valence-corrected chi connectivity index (χ4v) is 2.38. The highest BCUT2D eigenvalue weighted by Gasteiger charge is 2.28. The number of aromatic nitrogens is 5. The summed E-state index contributed by atoms with van der Waals surface area (Å²) >= 11 is 6.05. The fraction of sp³-hybridized carbons (Fsp3) is 0.235. The van der Waals surface area contributed by atoms with Crippen molar-refractivity contribution in [1.29, 1.82) is 0 Å². The van der Waals surface area contributed by atoms with Crippen LogP contribution in [0.5, 0.6) is 6.01 Å². The molecule has 7 nitrogen and oxygen atoms in total. The van der Waals surface area contributed by atoms with Gasteiger partial charge >= 0.3 is 12.2 Å². The Morgan fingerprint density at radius 3 is 2.50 bits per heavy atom.